The van der Waals surface area contributed by atoms with Gasteiger partial charge in [0.2, 0.25) is 0 Å². The maximum Gasteiger partial charge on any atom is 0.0896 e. The lowest BCUT2D eigenvalue weighted by Gasteiger charge is -2.35. The molecule has 0 spiro atoms. The number of nitrogens with zero attached hydrogens (tertiary/aromatic N) is 1. The van der Waals surface area contributed by atoms with Crippen LogP contribution in [0.1, 0.15) is 55.9 Å². The average molecular weight is 359 g/mol. The number of aliphatic hydroxyl groups excluding tert-OH is 1. The molecule has 2 N–H and O–H groups in total. The van der Waals surface area contributed by atoms with Crippen molar-refractivity contribution in [2.75, 3.05) is 26.2 Å². The molecule has 5 heteroatoms. The van der Waals surface area contributed by atoms with Gasteiger partial charge in [-0.15, -0.1) is 23.7 Å². The predicted molar refractivity (Wildman–Crippen MR) is 101 cm³/mol. The van der Waals surface area contributed by atoms with E-state index in [-0.39, 0.29) is 18.5 Å². The zero-order valence-electron chi connectivity index (χ0n) is 14.0. The third kappa shape index (κ3) is 5.71. The van der Waals surface area contributed by atoms with Crippen LogP contribution in [0.3, 0.4) is 0 Å². The van der Waals surface area contributed by atoms with Crippen molar-refractivity contribution in [3.63, 3.8) is 0 Å². The van der Waals surface area contributed by atoms with Gasteiger partial charge in [-0.1, -0.05) is 18.9 Å². The molecule has 132 valence electrons. The molecule has 23 heavy (non-hydrogen) atoms. The van der Waals surface area contributed by atoms with Gasteiger partial charge in [0.25, 0.3) is 0 Å². The average Bonchev–Trinajstić information content (AvgIpc) is 3.00. The number of piperidine rings is 1. The SMILES string of the molecule is Cl.OC(CC1CCCCCN1CC1CCNCC1)c1cccs1. The van der Waals surface area contributed by atoms with Crippen molar-refractivity contribution in [2.24, 2.45) is 5.92 Å². The monoisotopic (exact) mass is 358 g/mol. The summed E-state index contributed by atoms with van der Waals surface area (Å²) in [6.45, 7) is 4.83. The van der Waals surface area contributed by atoms with Gasteiger partial charge >= 0.3 is 0 Å². The number of hydrogen-bond acceptors (Lipinski definition) is 4. The minimum atomic E-state index is -0.279. The Morgan fingerprint density at radius 2 is 2.04 bits per heavy atom. The molecular formula is C18H31ClN2OS. The zero-order valence-corrected chi connectivity index (χ0v) is 15.6. The lowest BCUT2D eigenvalue weighted by atomic mass is 9.95. The standard InChI is InChI=1S/C18H30N2OS.ClH/c21-17(18-6-4-12-22-18)13-16-5-2-1-3-11-20(16)14-15-7-9-19-10-8-15;/h4,6,12,15-17,19,21H,1-3,5,7-11,13-14H2;1H. The second kappa shape index (κ2) is 10.00. The Labute approximate surface area is 150 Å². The smallest absolute Gasteiger partial charge is 0.0896 e. The van der Waals surface area contributed by atoms with Crippen molar-refractivity contribution in [1.29, 1.82) is 0 Å². The molecule has 1 aromatic heterocycles. The summed E-state index contributed by atoms with van der Waals surface area (Å²) >= 11 is 1.68. The topological polar surface area (TPSA) is 35.5 Å². The molecule has 0 saturated carbocycles. The molecular weight excluding hydrogens is 328 g/mol. The number of hydrogen-bond donors (Lipinski definition) is 2. The van der Waals surface area contributed by atoms with Crippen LogP contribution in [0.15, 0.2) is 17.5 Å². The molecule has 2 aliphatic heterocycles. The highest BCUT2D eigenvalue weighted by atomic mass is 35.5. The second-order valence-electron chi connectivity index (χ2n) is 6.96. The van der Waals surface area contributed by atoms with Gasteiger partial charge in [-0.25, -0.2) is 0 Å². The van der Waals surface area contributed by atoms with Crippen molar-refractivity contribution in [3.8, 4) is 0 Å². The van der Waals surface area contributed by atoms with E-state index in [0.29, 0.717) is 6.04 Å². The van der Waals surface area contributed by atoms with E-state index in [9.17, 15) is 5.11 Å². The highest BCUT2D eigenvalue weighted by Crippen LogP contribution is 2.29. The van der Waals surface area contributed by atoms with Gasteiger partial charge < -0.3 is 15.3 Å². The van der Waals surface area contributed by atoms with Crippen LogP contribution in [0.2, 0.25) is 0 Å². The molecule has 2 saturated heterocycles. The number of halogens is 1. The number of thiophene rings is 1. The van der Waals surface area contributed by atoms with Gasteiger partial charge in [0, 0.05) is 17.5 Å². The first-order valence-electron chi connectivity index (χ1n) is 8.99. The maximum absolute atomic E-state index is 10.6. The van der Waals surface area contributed by atoms with Crippen LogP contribution in [-0.2, 0) is 0 Å². The summed E-state index contributed by atoms with van der Waals surface area (Å²) in [4.78, 5) is 3.84. The van der Waals surface area contributed by atoms with Crippen LogP contribution in [0.4, 0.5) is 0 Å². The first-order valence-corrected chi connectivity index (χ1v) is 9.87. The number of nitrogens with one attached hydrogen (secondary N) is 1. The summed E-state index contributed by atoms with van der Waals surface area (Å²) in [6.07, 6.45) is 8.53. The summed E-state index contributed by atoms with van der Waals surface area (Å²) < 4.78 is 0. The summed E-state index contributed by atoms with van der Waals surface area (Å²) in [6, 6.07) is 4.68. The Bertz CT molecular complexity index is 423. The molecule has 0 amide bonds. The van der Waals surface area contributed by atoms with E-state index in [0.717, 1.165) is 17.2 Å². The fourth-order valence-electron chi connectivity index (χ4n) is 3.99. The largest absolute Gasteiger partial charge is 0.388 e. The van der Waals surface area contributed by atoms with Gasteiger partial charge in [0.15, 0.2) is 0 Å². The van der Waals surface area contributed by atoms with E-state index < -0.39 is 0 Å². The molecule has 0 aromatic carbocycles. The van der Waals surface area contributed by atoms with E-state index >= 15 is 0 Å². The van der Waals surface area contributed by atoms with Gasteiger partial charge in [0.05, 0.1) is 6.10 Å². The minimum Gasteiger partial charge on any atom is -0.388 e. The third-order valence-electron chi connectivity index (χ3n) is 5.32. The van der Waals surface area contributed by atoms with Crippen molar-refractivity contribution in [2.45, 2.75) is 57.1 Å². The second-order valence-corrected chi connectivity index (χ2v) is 7.94. The Morgan fingerprint density at radius 3 is 2.78 bits per heavy atom. The van der Waals surface area contributed by atoms with Crippen LogP contribution >= 0.6 is 23.7 Å². The summed E-state index contributed by atoms with van der Waals surface area (Å²) in [5, 5.41) is 16.1. The van der Waals surface area contributed by atoms with Crippen LogP contribution in [0.25, 0.3) is 0 Å². The Balaban J connectivity index is 0.00000192. The predicted octanol–water partition coefficient (Wildman–Crippen LogP) is 3.84. The van der Waals surface area contributed by atoms with Crippen molar-refractivity contribution in [3.05, 3.63) is 22.4 Å². The summed E-state index contributed by atoms with van der Waals surface area (Å²) in [7, 11) is 0. The van der Waals surface area contributed by atoms with E-state index in [2.05, 4.69) is 21.7 Å². The first-order chi connectivity index (χ1) is 10.8. The highest BCUT2D eigenvalue weighted by Gasteiger charge is 2.27. The maximum atomic E-state index is 10.6. The summed E-state index contributed by atoms with van der Waals surface area (Å²) in [5.74, 6) is 0.848. The van der Waals surface area contributed by atoms with Crippen LogP contribution in [-0.4, -0.2) is 42.2 Å². The highest BCUT2D eigenvalue weighted by molar-refractivity contribution is 7.10. The van der Waals surface area contributed by atoms with E-state index in [1.165, 1.54) is 64.7 Å². The van der Waals surface area contributed by atoms with Crippen molar-refractivity contribution < 1.29 is 5.11 Å². The molecule has 3 heterocycles. The Hall–Kier alpha value is -0.130. The number of rotatable bonds is 5. The third-order valence-corrected chi connectivity index (χ3v) is 6.29. The normalized spacial score (nSPS) is 25.5. The van der Waals surface area contributed by atoms with E-state index in [1.807, 2.05) is 6.07 Å². The lowest BCUT2D eigenvalue weighted by molar-refractivity contribution is 0.0892. The first kappa shape index (κ1) is 19.2. The van der Waals surface area contributed by atoms with Crippen molar-refractivity contribution in [1.82, 2.24) is 10.2 Å². The van der Waals surface area contributed by atoms with Gasteiger partial charge in [-0.3, -0.25) is 0 Å². The molecule has 1 aromatic rings. The van der Waals surface area contributed by atoms with Gasteiger partial charge in [-0.05, 0) is 69.1 Å². The van der Waals surface area contributed by atoms with Gasteiger partial charge in [0.1, 0.15) is 0 Å². The molecule has 0 bridgehead atoms. The van der Waals surface area contributed by atoms with Crippen LogP contribution in [0.5, 0.6) is 0 Å². The molecule has 0 radical (unpaired) electrons. The van der Waals surface area contributed by atoms with E-state index in [1.54, 1.807) is 11.3 Å². The van der Waals surface area contributed by atoms with E-state index in [4.69, 9.17) is 0 Å². The fourth-order valence-corrected chi connectivity index (χ4v) is 4.72. The molecule has 2 aliphatic rings. The summed E-state index contributed by atoms with van der Waals surface area (Å²) in [5.41, 5.74) is 0. The molecule has 0 aliphatic carbocycles. The van der Waals surface area contributed by atoms with Crippen molar-refractivity contribution >= 4 is 23.7 Å². The number of aliphatic hydroxyl groups is 1. The van der Waals surface area contributed by atoms with Crippen LogP contribution in [0, 0.1) is 5.92 Å². The minimum absolute atomic E-state index is 0. The van der Waals surface area contributed by atoms with Gasteiger partial charge in [-0.2, -0.15) is 0 Å². The molecule has 2 atom stereocenters. The Morgan fingerprint density at radius 1 is 1.22 bits per heavy atom. The number of likely N-dealkylation sites (tertiary alicyclic amines) is 1. The molecule has 3 nitrogen and oxygen atoms in total. The van der Waals surface area contributed by atoms with Crippen LogP contribution < -0.4 is 5.32 Å². The fraction of sp³-hybridized carbons (Fsp3) is 0.778. The molecule has 2 fully saturated rings. The zero-order chi connectivity index (χ0) is 15.2. The Kier molecular flexibility index (Phi) is 8.34. The quantitative estimate of drug-likeness (QED) is 0.839. The lowest BCUT2D eigenvalue weighted by Crippen LogP contribution is -2.42. The molecule has 2 unspecified atom stereocenters. The molecule has 3 rings (SSSR count).